The summed E-state index contributed by atoms with van der Waals surface area (Å²) < 4.78 is 5.54. The first-order valence-electron chi connectivity index (χ1n) is 6.82. The van der Waals surface area contributed by atoms with E-state index < -0.39 is 0 Å². The summed E-state index contributed by atoms with van der Waals surface area (Å²) >= 11 is 0. The van der Waals surface area contributed by atoms with E-state index in [0.29, 0.717) is 0 Å². The first kappa shape index (κ1) is 12.3. The van der Waals surface area contributed by atoms with Gasteiger partial charge in [-0.2, -0.15) is 0 Å². The molecule has 0 aromatic heterocycles. The SMILES string of the molecule is CC1(NCCCC2CCNC2)CCCOC1. The lowest BCUT2D eigenvalue weighted by Gasteiger charge is -2.34. The summed E-state index contributed by atoms with van der Waals surface area (Å²) in [4.78, 5) is 0. The molecule has 0 aromatic rings. The summed E-state index contributed by atoms with van der Waals surface area (Å²) in [6.07, 6.45) is 6.52. The topological polar surface area (TPSA) is 33.3 Å². The van der Waals surface area contributed by atoms with Crippen molar-refractivity contribution in [2.24, 2.45) is 5.92 Å². The van der Waals surface area contributed by atoms with Crippen LogP contribution in [-0.2, 0) is 4.74 Å². The Hall–Kier alpha value is -0.120. The molecular weight excluding hydrogens is 200 g/mol. The third-order valence-electron chi connectivity index (χ3n) is 3.94. The van der Waals surface area contributed by atoms with E-state index in [-0.39, 0.29) is 5.54 Å². The summed E-state index contributed by atoms with van der Waals surface area (Å²) in [5.74, 6) is 0.928. The van der Waals surface area contributed by atoms with E-state index in [1.165, 1.54) is 45.2 Å². The normalized spacial score (nSPS) is 35.4. The van der Waals surface area contributed by atoms with E-state index in [2.05, 4.69) is 17.6 Å². The molecule has 0 saturated carbocycles. The predicted molar refractivity (Wildman–Crippen MR) is 66.7 cm³/mol. The second-order valence-electron chi connectivity index (χ2n) is 5.64. The van der Waals surface area contributed by atoms with Crippen molar-refractivity contribution in [3.63, 3.8) is 0 Å². The molecule has 2 fully saturated rings. The van der Waals surface area contributed by atoms with E-state index in [0.717, 1.165) is 25.7 Å². The van der Waals surface area contributed by atoms with Gasteiger partial charge in [0.15, 0.2) is 0 Å². The molecule has 0 aromatic carbocycles. The van der Waals surface area contributed by atoms with Crippen molar-refractivity contribution in [3.05, 3.63) is 0 Å². The fourth-order valence-corrected chi connectivity index (χ4v) is 2.82. The molecule has 2 atom stereocenters. The van der Waals surface area contributed by atoms with E-state index in [9.17, 15) is 0 Å². The van der Waals surface area contributed by atoms with Gasteiger partial charge in [-0.1, -0.05) is 0 Å². The molecule has 2 saturated heterocycles. The van der Waals surface area contributed by atoms with Crippen LogP contribution in [0.5, 0.6) is 0 Å². The van der Waals surface area contributed by atoms with Crippen LogP contribution in [0.2, 0.25) is 0 Å². The van der Waals surface area contributed by atoms with Crippen LogP contribution in [0.15, 0.2) is 0 Å². The Kier molecular flexibility index (Phi) is 4.62. The average molecular weight is 226 g/mol. The lowest BCUT2D eigenvalue weighted by Crippen LogP contribution is -2.49. The fourth-order valence-electron chi connectivity index (χ4n) is 2.82. The quantitative estimate of drug-likeness (QED) is 0.698. The van der Waals surface area contributed by atoms with Crippen LogP contribution in [0.25, 0.3) is 0 Å². The van der Waals surface area contributed by atoms with E-state index in [4.69, 9.17) is 4.74 Å². The molecule has 0 amide bonds. The minimum Gasteiger partial charge on any atom is -0.380 e. The summed E-state index contributed by atoms with van der Waals surface area (Å²) in [5.41, 5.74) is 0.242. The molecular formula is C13H26N2O. The zero-order chi connectivity index (χ0) is 11.3. The molecule has 3 heteroatoms. The highest BCUT2D eigenvalue weighted by atomic mass is 16.5. The highest BCUT2D eigenvalue weighted by Crippen LogP contribution is 2.19. The Labute approximate surface area is 99.3 Å². The van der Waals surface area contributed by atoms with E-state index in [1.807, 2.05) is 0 Å². The monoisotopic (exact) mass is 226 g/mol. The molecule has 2 aliphatic rings. The van der Waals surface area contributed by atoms with Crippen LogP contribution < -0.4 is 10.6 Å². The van der Waals surface area contributed by atoms with Crippen molar-refractivity contribution in [2.45, 2.75) is 44.6 Å². The average Bonchev–Trinajstić information content (AvgIpc) is 2.78. The maximum atomic E-state index is 5.54. The zero-order valence-electron chi connectivity index (χ0n) is 10.6. The van der Waals surface area contributed by atoms with Gasteiger partial charge in [0, 0.05) is 12.1 Å². The van der Waals surface area contributed by atoms with Crippen LogP contribution >= 0.6 is 0 Å². The number of rotatable bonds is 5. The van der Waals surface area contributed by atoms with Crippen molar-refractivity contribution in [1.29, 1.82) is 0 Å². The van der Waals surface area contributed by atoms with Crippen LogP contribution in [0.4, 0.5) is 0 Å². The van der Waals surface area contributed by atoms with Gasteiger partial charge in [-0.05, 0) is 64.6 Å². The van der Waals surface area contributed by atoms with Crippen molar-refractivity contribution >= 4 is 0 Å². The second kappa shape index (κ2) is 5.99. The van der Waals surface area contributed by atoms with Gasteiger partial charge in [-0.25, -0.2) is 0 Å². The first-order chi connectivity index (χ1) is 7.79. The molecule has 0 aliphatic carbocycles. The van der Waals surface area contributed by atoms with Gasteiger partial charge < -0.3 is 15.4 Å². The molecule has 16 heavy (non-hydrogen) atoms. The Morgan fingerprint density at radius 3 is 3.12 bits per heavy atom. The van der Waals surface area contributed by atoms with Gasteiger partial charge in [0.1, 0.15) is 0 Å². The highest BCUT2D eigenvalue weighted by Gasteiger charge is 2.26. The Morgan fingerprint density at radius 2 is 2.44 bits per heavy atom. The van der Waals surface area contributed by atoms with Gasteiger partial charge in [-0.15, -0.1) is 0 Å². The fraction of sp³-hybridized carbons (Fsp3) is 1.00. The minimum absolute atomic E-state index is 0.242. The van der Waals surface area contributed by atoms with Crippen molar-refractivity contribution < 1.29 is 4.74 Å². The van der Waals surface area contributed by atoms with Crippen LogP contribution in [0.1, 0.15) is 39.0 Å². The standard InChI is InChI=1S/C13H26N2O/c1-13(6-3-9-16-11-13)15-7-2-4-12-5-8-14-10-12/h12,14-15H,2-11H2,1H3. The summed E-state index contributed by atoms with van der Waals surface area (Å²) in [5, 5.41) is 7.11. The summed E-state index contributed by atoms with van der Waals surface area (Å²) in [6, 6.07) is 0. The van der Waals surface area contributed by atoms with Gasteiger partial charge in [-0.3, -0.25) is 0 Å². The number of hydrogen-bond donors (Lipinski definition) is 2. The Bertz CT molecular complexity index is 196. The summed E-state index contributed by atoms with van der Waals surface area (Å²) in [6.45, 7) is 7.74. The largest absolute Gasteiger partial charge is 0.380 e. The van der Waals surface area contributed by atoms with Gasteiger partial charge in [0.2, 0.25) is 0 Å². The Morgan fingerprint density at radius 1 is 1.50 bits per heavy atom. The highest BCUT2D eigenvalue weighted by molar-refractivity contribution is 4.85. The smallest absolute Gasteiger partial charge is 0.0645 e. The number of ether oxygens (including phenoxy) is 1. The molecule has 0 bridgehead atoms. The third kappa shape index (κ3) is 3.72. The first-order valence-corrected chi connectivity index (χ1v) is 6.82. The van der Waals surface area contributed by atoms with Crippen molar-refractivity contribution in [3.8, 4) is 0 Å². The maximum absolute atomic E-state index is 5.54. The molecule has 94 valence electrons. The minimum atomic E-state index is 0.242. The molecule has 2 rings (SSSR count). The van der Waals surface area contributed by atoms with Gasteiger partial charge in [0.25, 0.3) is 0 Å². The number of hydrogen-bond acceptors (Lipinski definition) is 3. The molecule has 2 N–H and O–H groups in total. The van der Waals surface area contributed by atoms with E-state index >= 15 is 0 Å². The van der Waals surface area contributed by atoms with E-state index in [1.54, 1.807) is 0 Å². The molecule has 0 spiro atoms. The zero-order valence-corrected chi connectivity index (χ0v) is 10.6. The third-order valence-corrected chi connectivity index (χ3v) is 3.94. The summed E-state index contributed by atoms with van der Waals surface area (Å²) in [7, 11) is 0. The molecule has 2 unspecified atom stereocenters. The number of nitrogens with one attached hydrogen (secondary N) is 2. The molecule has 3 nitrogen and oxygen atoms in total. The van der Waals surface area contributed by atoms with Crippen LogP contribution in [-0.4, -0.2) is 38.4 Å². The Balaban J connectivity index is 1.56. The second-order valence-corrected chi connectivity index (χ2v) is 5.64. The van der Waals surface area contributed by atoms with Gasteiger partial charge >= 0.3 is 0 Å². The molecule has 2 aliphatic heterocycles. The van der Waals surface area contributed by atoms with Gasteiger partial charge in [0.05, 0.1) is 6.61 Å². The lowest BCUT2D eigenvalue weighted by atomic mass is 9.94. The molecule has 2 heterocycles. The van der Waals surface area contributed by atoms with Crippen molar-refractivity contribution in [1.82, 2.24) is 10.6 Å². The lowest BCUT2D eigenvalue weighted by molar-refractivity contribution is 0.0285. The van der Waals surface area contributed by atoms with Crippen molar-refractivity contribution in [2.75, 3.05) is 32.8 Å². The maximum Gasteiger partial charge on any atom is 0.0645 e. The predicted octanol–water partition coefficient (Wildman–Crippen LogP) is 1.53. The van der Waals surface area contributed by atoms with Crippen LogP contribution in [0.3, 0.4) is 0 Å². The van der Waals surface area contributed by atoms with Crippen LogP contribution in [0, 0.1) is 5.92 Å². The molecule has 0 radical (unpaired) electrons.